The van der Waals surface area contributed by atoms with E-state index in [0.29, 0.717) is 6.54 Å². The second-order valence-corrected chi connectivity index (χ2v) is 5.61. The zero-order valence-corrected chi connectivity index (χ0v) is 11.8. The number of halogens is 1. The number of aromatic nitrogens is 2. The number of hydrogen-bond acceptors (Lipinski definition) is 2. The molecule has 2 N–H and O–H groups in total. The van der Waals surface area contributed by atoms with E-state index in [1.807, 2.05) is 12.4 Å². The summed E-state index contributed by atoms with van der Waals surface area (Å²) in [5.74, 6) is 0. The second-order valence-electron chi connectivity index (χ2n) is 4.69. The first kappa shape index (κ1) is 11.9. The minimum Gasteiger partial charge on any atom is -0.326 e. The number of nitrogens with two attached hydrogens (primary N) is 1. The molecule has 1 aromatic heterocycles. The number of nitrogens with zero attached hydrogens (tertiary/aromatic N) is 2. The first-order valence-corrected chi connectivity index (χ1v) is 7.13. The lowest BCUT2D eigenvalue weighted by molar-refractivity contribution is 0.655. The zero-order chi connectivity index (χ0) is 12.5. The van der Waals surface area contributed by atoms with E-state index in [-0.39, 0.29) is 0 Å². The minimum absolute atomic E-state index is 0.551. The number of imidazole rings is 1. The summed E-state index contributed by atoms with van der Waals surface area (Å²) in [6, 6.07) is 6.24. The molecule has 0 bridgehead atoms. The predicted molar refractivity (Wildman–Crippen MR) is 75.8 cm³/mol. The van der Waals surface area contributed by atoms with Gasteiger partial charge in [-0.2, -0.15) is 0 Å². The lowest BCUT2D eigenvalue weighted by Gasteiger charge is -2.16. The van der Waals surface area contributed by atoms with E-state index in [0.717, 1.165) is 28.6 Å². The average molecular weight is 306 g/mol. The van der Waals surface area contributed by atoms with Gasteiger partial charge < -0.3 is 10.3 Å². The Balaban J connectivity index is 2.14. The maximum atomic E-state index is 5.83. The molecule has 0 radical (unpaired) electrons. The summed E-state index contributed by atoms with van der Waals surface area (Å²) in [5.41, 5.74) is 10.8. The third-order valence-electron chi connectivity index (χ3n) is 3.56. The maximum Gasteiger partial charge on any atom is 0.0997 e. The van der Waals surface area contributed by atoms with Crippen molar-refractivity contribution >= 4 is 15.9 Å². The van der Waals surface area contributed by atoms with Crippen LogP contribution in [0.4, 0.5) is 0 Å². The standard InChI is InChI=1S/C14H16BrN3/c15-11-6-5-10(8-16)14(7-11)18-9-17-12-3-1-2-4-13(12)18/h5-7,9H,1-4,8,16H2. The molecule has 3 rings (SSSR count). The van der Waals surface area contributed by atoms with E-state index in [1.165, 1.54) is 24.2 Å². The normalized spacial score (nSPS) is 14.6. The van der Waals surface area contributed by atoms with E-state index in [9.17, 15) is 0 Å². The van der Waals surface area contributed by atoms with Crippen molar-refractivity contribution in [3.63, 3.8) is 0 Å². The van der Waals surface area contributed by atoms with Crippen LogP contribution in [0, 0.1) is 0 Å². The summed E-state index contributed by atoms with van der Waals surface area (Å²) >= 11 is 3.53. The molecule has 0 aliphatic heterocycles. The second kappa shape index (κ2) is 4.86. The van der Waals surface area contributed by atoms with Crippen LogP contribution in [-0.4, -0.2) is 9.55 Å². The van der Waals surface area contributed by atoms with E-state index < -0.39 is 0 Å². The molecule has 0 spiro atoms. The Bertz CT molecular complexity index is 574. The third kappa shape index (κ3) is 1.99. The number of rotatable bonds is 2. The molecule has 94 valence electrons. The summed E-state index contributed by atoms with van der Waals surface area (Å²) in [6.45, 7) is 0.551. The summed E-state index contributed by atoms with van der Waals surface area (Å²) in [4.78, 5) is 4.55. The molecule has 1 heterocycles. The predicted octanol–water partition coefficient (Wildman–Crippen LogP) is 2.97. The molecule has 0 fully saturated rings. The molecule has 0 amide bonds. The molecule has 0 unspecified atom stereocenters. The van der Waals surface area contributed by atoms with Crippen molar-refractivity contribution in [2.75, 3.05) is 0 Å². The van der Waals surface area contributed by atoms with Gasteiger partial charge >= 0.3 is 0 Å². The summed E-state index contributed by atoms with van der Waals surface area (Å²) < 4.78 is 3.29. The van der Waals surface area contributed by atoms with Gasteiger partial charge in [-0.05, 0) is 43.4 Å². The molecule has 0 saturated heterocycles. The van der Waals surface area contributed by atoms with Crippen LogP contribution in [0.1, 0.15) is 29.8 Å². The van der Waals surface area contributed by atoms with Gasteiger partial charge in [-0.25, -0.2) is 4.98 Å². The molecule has 1 aromatic carbocycles. The highest BCUT2D eigenvalue weighted by atomic mass is 79.9. The van der Waals surface area contributed by atoms with Crippen molar-refractivity contribution in [1.29, 1.82) is 0 Å². The molecule has 4 heteroatoms. The van der Waals surface area contributed by atoms with Crippen molar-refractivity contribution in [3.8, 4) is 5.69 Å². The van der Waals surface area contributed by atoms with Gasteiger partial charge in [-0.1, -0.05) is 22.0 Å². The van der Waals surface area contributed by atoms with Gasteiger partial charge in [-0.3, -0.25) is 0 Å². The van der Waals surface area contributed by atoms with Gasteiger partial charge in [0.05, 0.1) is 17.7 Å². The molecular weight excluding hydrogens is 290 g/mol. The van der Waals surface area contributed by atoms with Crippen LogP contribution in [0.25, 0.3) is 5.69 Å². The molecule has 1 aliphatic carbocycles. The van der Waals surface area contributed by atoms with Crippen LogP contribution in [0.3, 0.4) is 0 Å². The highest BCUT2D eigenvalue weighted by Crippen LogP contribution is 2.26. The number of hydrogen-bond donors (Lipinski definition) is 1. The fraction of sp³-hybridized carbons (Fsp3) is 0.357. The van der Waals surface area contributed by atoms with Gasteiger partial charge in [0.25, 0.3) is 0 Å². The fourth-order valence-corrected chi connectivity index (χ4v) is 2.96. The molecule has 0 saturated carbocycles. The number of fused-ring (bicyclic) bond motifs is 1. The Labute approximate surface area is 115 Å². The number of benzene rings is 1. The minimum atomic E-state index is 0.551. The van der Waals surface area contributed by atoms with Gasteiger partial charge in [0, 0.05) is 16.7 Å². The van der Waals surface area contributed by atoms with Gasteiger partial charge in [-0.15, -0.1) is 0 Å². The van der Waals surface area contributed by atoms with E-state index >= 15 is 0 Å². The lowest BCUT2D eigenvalue weighted by atomic mass is 10.0. The molecule has 18 heavy (non-hydrogen) atoms. The van der Waals surface area contributed by atoms with Gasteiger partial charge in [0.15, 0.2) is 0 Å². The van der Waals surface area contributed by atoms with Crippen LogP contribution >= 0.6 is 15.9 Å². The smallest absolute Gasteiger partial charge is 0.0997 e. The first-order chi connectivity index (χ1) is 8.79. The van der Waals surface area contributed by atoms with Crippen LogP contribution < -0.4 is 5.73 Å². The van der Waals surface area contributed by atoms with Gasteiger partial charge in [0.1, 0.15) is 0 Å². The Morgan fingerprint density at radius 1 is 1.28 bits per heavy atom. The summed E-state index contributed by atoms with van der Waals surface area (Å²) in [7, 11) is 0. The monoisotopic (exact) mass is 305 g/mol. The number of aryl methyl sites for hydroxylation is 1. The largest absolute Gasteiger partial charge is 0.326 e. The Hall–Kier alpha value is -1.13. The van der Waals surface area contributed by atoms with E-state index in [4.69, 9.17) is 5.73 Å². The Morgan fingerprint density at radius 3 is 2.94 bits per heavy atom. The SMILES string of the molecule is NCc1ccc(Br)cc1-n1cnc2c1CCCC2. The molecule has 3 nitrogen and oxygen atoms in total. The molecular formula is C14H16BrN3. The first-order valence-electron chi connectivity index (χ1n) is 6.33. The van der Waals surface area contributed by atoms with Crippen LogP contribution in [0.5, 0.6) is 0 Å². The molecule has 0 atom stereocenters. The maximum absolute atomic E-state index is 5.83. The van der Waals surface area contributed by atoms with E-state index in [2.05, 4.69) is 37.6 Å². The van der Waals surface area contributed by atoms with Crippen molar-refractivity contribution in [1.82, 2.24) is 9.55 Å². The van der Waals surface area contributed by atoms with Gasteiger partial charge in [0.2, 0.25) is 0 Å². The summed E-state index contributed by atoms with van der Waals surface area (Å²) in [5, 5.41) is 0. The lowest BCUT2D eigenvalue weighted by Crippen LogP contribution is -2.10. The van der Waals surface area contributed by atoms with Crippen molar-refractivity contribution in [3.05, 3.63) is 46.0 Å². The van der Waals surface area contributed by atoms with Crippen LogP contribution in [-0.2, 0) is 19.4 Å². The summed E-state index contributed by atoms with van der Waals surface area (Å²) in [6.07, 6.45) is 6.67. The van der Waals surface area contributed by atoms with Crippen LogP contribution in [0.2, 0.25) is 0 Å². The van der Waals surface area contributed by atoms with E-state index in [1.54, 1.807) is 0 Å². The molecule has 1 aliphatic rings. The Kier molecular flexibility index (Phi) is 3.22. The fourth-order valence-electron chi connectivity index (χ4n) is 2.61. The highest BCUT2D eigenvalue weighted by molar-refractivity contribution is 9.10. The third-order valence-corrected chi connectivity index (χ3v) is 4.05. The topological polar surface area (TPSA) is 43.8 Å². The zero-order valence-electron chi connectivity index (χ0n) is 10.2. The average Bonchev–Trinajstić information content (AvgIpc) is 2.82. The van der Waals surface area contributed by atoms with Crippen LogP contribution in [0.15, 0.2) is 29.0 Å². The van der Waals surface area contributed by atoms with Crippen molar-refractivity contribution in [2.45, 2.75) is 32.2 Å². The van der Waals surface area contributed by atoms with Crippen molar-refractivity contribution in [2.24, 2.45) is 5.73 Å². The van der Waals surface area contributed by atoms with Crippen molar-refractivity contribution < 1.29 is 0 Å². The Morgan fingerprint density at radius 2 is 2.11 bits per heavy atom. The molecule has 2 aromatic rings. The highest BCUT2D eigenvalue weighted by Gasteiger charge is 2.17. The quantitative estimate of drug-likeness (QED) is 0.927.